The van der Waals surface area contributed by atoms with Crippen LogP contribution in [0.2, 0.25) is 0 Å². The van der Waals surface area contributed by atoms with Gasteiger partial charge < -0.3 is 23.4 Å². The molecule has 12 aromatic rings. The molecule has 0 N–H and O–H groups in total. The van der Waals surface area contributed by atoms with Gasteiger partial charge in [0.1, 0.15) is 28.2 Å². The Morgan fingerprint density at radius 2 is 0.818 bits per heavy atom. The summed E-state index contributed by atoms with van der Waals surface area (Å²) in [6.45, 7) is 0. The van der Waals surface area contributed by atoms with Crippen LogP contribution in [0.1, 0.15) is 22.3 Å². The van der Waals surface area contributed by atoms with E-state index in [1.165, 1.54) is 22.3 Å². The van der Waals surface area contributed by atoms with Gasteiger partial charge in [0, 0.05) is 61.1 Å². The Bertz CT molecular complexity index is 3800. The fourth-order valence-corrected chi connectivity index (χ4v) is 11.0. The highest BCUT2D eigenvalue weighted by molar-refractivity contribution is 6.13. The summed E-state index contributed by atoms with van der Waals surface area (Å²) in [7, 11) is 0. The lowest BCUT2D eigenvalue weighted by Crippen LogP contribution is -2.32. The van der Waals surface area contributed by atoms with Crippen molar-refractivity contribution in [1.82, 2.24) is 0 Å². The molecule has 0 unspecified atom stereocenters. The minimum absolute atomic E-state index is 0.655. The molecule has 14 rings (SSSR count). The largest absolute Gasteiger partial charge is 0.457 e. The number of rotatable bonds is 6. The second-order valence-electron chi connectivity index (χ2n) is 17.2. The van der Waals surface area contributed by atoms with Gasteiger partial charge in [0.25, 0.3) is 0 Å². The number of hydrogen-bond donors (Lipinski definition) is 0. The molecule has 0 bridgehead atoms. The summed E-state index contributed by atoms with van der Waals surface area (Å²) >= 11 is 0. The zero-order valence-electron chi connectivity index (χ0n) is 35.6. The van der Waals surface area contributed by atoms with Crippen LogP contribution in [0.4, 0.5) is 34.1 Å². The molecular weight excluding hydrogens is 809 g/mol. The van der Waals surface area contributed by atoms with Gasteiger partial charge in [-0.1, -0.05) is 140 Å². The number of nitrogens with zero attached hydrogens (tertiary/aromatic N) is 2. The van der Waals surface area contributed by atoms with Crippen molar-refractivity contribution in [2.24, 2.45) is 0 Å². The molecule has 2 aliphatic rings. The Morgan fingerprint density at radius 1 is 0.303 bits per heavy atom. The van der Waals surface area contributed by atoms with Crippen LogP contribution in [0.3, 0.4) is 0 Å². The number of fused-ring (bicyclic) bond motifs is 15. The molecule has 1 spiro atoms. The molecule has 310 valence electrons. The zero-order chi connectivity index (χ0) is 43.3. The quantitative estimate of drug-likeness (QED) is 0.167. The molecule has 0 saturated carbocycles. The third-order valence-electron chi connectivity index (χ3n) is 13.7. The number of hydrogen-bond acceptors (Lipinski definition) is 5. The fraction of sp³-hybridized carbons (Fsp3) is 0.0164. The molecule has 10 aromatic carbocycles. The molecule has 5 heteroatoms. The highest BCUT2D eigenvalue weighted by atomic mass is 16.5. The normalized spacial score (nSPS) is 13.1. The molecule has 0 atom stereocenters. The lowest BCUT2D eigenvalue weighted by atomic mass is 9.66. The Balaban J connectivity index is 1.09. The van der Waals surface area contributed by atoms with Crippen LogP contribution in [-0.4, -0.2) is 0 Å². The van der Waals surface area contributed by atoms with Crippen molar-refractivity contribution in [1.29, 1.82) is 0 Å². The van der Waals surface area contributed by atoms with Gasteiger partial charge in [-0.05, 0) is 113 Å². The Labute approximate surface area is 380 Å². The van der Waals surface area contributed by atoms with Crippen LogP contribution in [-0.2, 0) is 5.41 Å². The molecule has 0 radical (unpaired) electrons. The second-order valence-corrected chi connectivity index (χ2v) is 17.2. The van der Waals surface area contributed by atoms with Gasteiger partial charge in [0.15, 0.2) is 5.58 Å². The number of para-hydroxylation sites is 5. The van der Waals surface area contributed by atoms with Crippen molar-refractivity contribution in [3.05, 3.63) is 253 Å². The number of furan rings is 2. The standard InChI is InChI=1S/C61H38N2O3/c1-3-17-39(18-4-1)62(40-19-5-2-6-20-40)43-36-49-47-24-10-15-29-56(47)66-60(49)54(38-43)63(41-31-33-57-48(35-41)46-23-9-14-28-55(46)64-57)42-32-34-59-53(37-42)61(52-27-13-16-30-58(52)65-59)50-25-11-7-21-44(50)45-22-8-12-26-51(45)61/h1-38H. The van der Waals surface area contributed by atoms with Gasteiger partial charge >= 0.3 is 0 Å². The molecule has 1 aliphatic heterocycles. The first-order valence-electron chi connectivity index (χ1n) is 22.4. The van der Waals surface area contributed by atoms with E-state index in [0.717, 1.165) is 101 Å². The predicted octanol–water partition coefficient (Wildman–Crippen LogP) is 16.9. The summed E-state index contributed by atoms with van der Waals surface area (Å²) in [6.07, 6.45) is 0. The van der Waals surface area contributed by atoms with Crippen molar-refractivity contribution in [3.8, 4) is 22.6 Å². The number of benzene rings is 10. The zero-order valence-corrected chi connectivity index (χ0v) is 35.6. The molecule has 2 aromatic heterocycles. The minimum Gasteiger partial charge on any atom is -0.457 e. The van der Waals surface area contributed by atoms with Crippen LogP contribution in [0.5, 0.6) is 11.5 Å². The summed E-state index contributed by atoms with van der Waals surface area (Å²) in [5, 5.41) is 4.15. The van der Waals surface area contributed by atoms with E-state index in [2.05, 4.69) is 222 Å². The van der Waals surface area contributed by atoms with E-state index >= 15 is 0 Å². The molecule has 0 fully saturated rings. The van der Waals surface area contributed by atoms with Gasteiger partial charge in [0.05, 0.1) is 11.1 Å². The van der Waals surface area contributed by atoms with Gasteiger partial charge in [0.2, 0.25) is 0 Å². The van der Waals surface area contributed by atoms with E-state index in [1.807, 2.05) is 18.2 Å². The van der Waals surface area contributed by atoms with Crippen LogP contribution < -0.4 is 14.5 Å². The molecule has 0 amide bonds. The van der Waals surface area contributed by atoms with E-state index in [4.69, 9.17) is 13.6 Å². The summed E-state index contributed by atoms with van der Waals surface area (Å²) in [6, 6.07) is 81.8. The van der Waals surface area contributed by atoms with Crippen molar-refractivity contribution < 1.29 is 13.6 Å². The maximum Gasteiger partial charge on any atom is 0.159 e. The van der Waals surface area contributed by atoms with Crippen molar-refractivity contribution in [3.63, 3.8) is 0 Å². The molecule has 3 heterocycles. The van der Waals surface area contributed by atoms with E-state index in [9.17, 15) is 0 Å². The second kappa shape index (κ2) is 14.1. The average Bonchev–Trinajstić information content (AvgIpc) is 4.04. The van der Waals surface area contributed by atoms with Crippen molar-refractivity contribution in [2.45, 2.75) is 5.41 Å². The summed E-state index contributed by atoms with van der Waals surface area (Å²) in [5.41, 5.74) is 15.6. The minimum atomic E-state index is -0.655. The topological polar surface area (TPSA) is 42.0 Å². The lowest BCUT2D eigenvalue weighted by Gasteiger charge is -2.40. The summed E-state index contributed by atoms with van der Waals surface area (Å²) in [4.78, 5) is 4.69. The first-order valence-corrected chi connectivity index (χ1v) is 22.4. The predicted molar refractivity (Wildman–Crippen MR) is 268 cm³/mol. The van der Waals surface area contributed by atoms with Crippen molar-refractivity contribution >= 4 is 78.0 Å². The average molecular weight is 847 g/mol. The fourth-order valence-electron chi connectivity index (χ4n) is 11.0. The number of anilines is 6. The van der Waals surface area contributed by atoms with E-state index in [-0.39, 0.29) is 0 Å². The Morgan fingerprint density at radius 3 is 1.53 bits per heavy atom. The van der Waals surface area contributed by atoms with E-state index < -0.39 is 5.41 Å². The van der Waals surface area contributed by atoms with Gasteiger partial charge in [-0.15, -0.1) is 0 Å². The highest BCUT2D eigenvalue weighted by Gasteiger charge is 2.51. The third-order valence-corrected chi connectivity index (χ3v) is 13.7. The third kappa shape index (κ3) is 5.22. The maximum absolute atomic E-state index is 7.04. The SMILES string of the molecule is c1ccc(N(c2ccccc2)c2cc(N(c3ccc4c(c3)C3(c5ccccc5O4)c4ccccc4-c4ccccc43)c3ccc4oc5ccccc5c4c3)c3oc4ccccc4c3c2)cc1. The summed E-state index contributed by atoms with van der Waals surface area (Å²) in [5.74, 6) is 1.68. The smallest absolute Gasteiger partial charge is 0.159 e. The van der Waals surface area contributed by atoms with Gasteiger partial charge in [-0.25, -0.2) is 0 Å². The molecule has 0 saturated heterocycles. The first-order chi connectivity index (χ1) is 32.7. The summed E-state index contributed by atoms with van der Waals surface area (Å²) < 4.78 is 20.4. The van der Waals surface area contributed by atoms with Crippen LogP contribution in [0.25, 0.3) is 55.0 Å². The highest BCUT2D eigenvalue weighted by Crippen LogP contribution is 2.63. The maximum atomic E-state index is 7.04. The van der Waals surface area contributed by atoms with E-state index in [0.29, 0.717) is 0 Å². The first kappa shape index (κ1) is 36.7. The lowest BCUT2D eigenvalue weighted by molar-refractivity contribution is 0.436. The van der Waals surface area contributed by atoms with Crippen LogP contribution in [0.15, 0.2) is 239 Å². The Kier molecular flexibility index (Phi) is 7.83. The Hall–Kier alpha value is -8.80. The monoisotopic (exact) mass is 846 g/mol. The molecule has 5 nitrogen and oxygen atoms in total. The van der Waals surface area contributed by atoms with Crippen LogP contribution >= 0.6 is 0 Å². The van der Waals surface area contributed by atoms with E-state index in [1.54, 1.807) is 0 Å². The van der Waals surface area contributed by atoms with Gasteiger partial charge in [-0.3, -0.25) is 0 Å². The molecule has 1 aliphatic carbocycles. The van der Waals surface area contributed by atoms with Crippen molar-refractivity contribution in [2.75, 3.05) is 9.80 Å². The molecular formula is C61H38N2O3. The number of ether oxygens (including phenoxy) is 1. The van der Waals surface area contributed by atoms with Crippen LogP contribution in [0, 0.1) is 0 Å². The van der Waals surface area contributed by atoms with Gasteiger partial charge in [-0.2, -0.15) is 0 Å². The molecule has 66 heavy (non-hydrogen) atoms.